The molecule has 20 heavy (non-hydrogen) atoms. The van der Waals surface area contributed by atoms with E-state index in [1.807, 2.05) is 36.4 Å². The van der Waals surface area contributed by atoms with Crippen LogP contribution in [0.15, 0.2) is 60.7 Å². The van der Waals surface area contributed by atoms with Gasteiger partial charge in [0, 0.05) is 12.8 Å². The molecule has 1 aliphatic rings. The predicted octanol–water partition coefficient (Wildman–Crippen LogP) is 3.85. The molecular weight excluding hydrogens is 248 g/mol. The van der Waals surface area contributed by atoms with Gasteiger partial charge >= 0.3 is 5.97 Å². The van der Waals surface area contributed by atoms with Gasteiger partial charge in [-0.15, -0.1) is 0 Å². The van der Waals surface area contributed by atoms with Gasteiger partial charge in [-0.3, -0.25) is 4.79 Å². The Balaban J connectivity index is 1.82. The van der Waals surface area contributed by atoms with Crippen LogP contribution in [-0.2, 0) is 21.6 Å². The molecule has 3 rings (SSSR count). The van der Waals surface area contributed by atoms with Gasteiger partial charge < -0.3 is 4.74 Å². The van der Waals surface area contributed by atoms with E-state index in [2.05, 4.69) is 24.3 Å². The SMILES string of the molecule is O=C1CCC(CCc2ccccc2)(c2ccccc2)O1. The summed E-state index contributed by atoms with van der Waals surface area (Å²) in [5, 5.41) is 0. The number of hydrogen-bond acceptors (Lipinski definition) is 2. The second-order valence-electron chi connectivity index (χ2n) is 5.32. The highest BCUT2D eigenvalue weighted by Gasteiger charge is 2.41. The molecule has 1 saturated heterocycles. The normalized spacial score (nSPS) is 21.7. The second kappa shape index (κ2) is 5.49. The van der Waals surface area contributed by atoms with Crippen LogP contribution in [0.25, 0.3) is 0 Å². The molecule has 0 saturated carbocycles. The largest absolute Gasteiger partial charge is 0.454 e. The fraction of sp³-hybridized carbons (Fsp3) is 0.278. The minimum Gasteiger partial charge on any atom is -0.454 e. The van der Waals surface area contributed by atoms with E-state index in [9.17, 15) is 4.79 Å². The zero-order valence-corrected chi connectivity index (χ0v) is 11.4. The van der Waals surface area contributed by atoms with Crippen molar-refractivity contribution in [1.82, 2.24) is 0 Å². The number of aryl methyl sites for hydroxylation is 1. The van der Waals surface area contributed by atoms with Crippen molar-refractivity contribution in [3.63, 3.8) is 0 Å². The molecule has 1 atom stereocenters. The molecule has 1 unspecified atom stereocenters. The summed E-state index contributed by atoms with van der Waals surface area (Å²) in [7, 11) is 0. The van der Waals surface area contributed by atoms with Gasteiger partial charge in [0.2, 0.25) is 0 Å². The minimum absolute atomic E-state index is 0.0816. The standard InChI is InChI=1S/C18H18O2/c19-17-12-14-18(20-17,16-9-5-2-6-10-16)13-11-15-7-3-1-4-8-15/h1-10H,11-14H2. The van der Waals surface area contributed by atoms with Gasteiger partial charge in [0.15, 0.2) is 0 Å². The molecule has 0 amide bonds. The summed E-state index contributed by atoms with van der Waals surface area (Å²) in [6.07, 6.45) is 3.06. The molecule has 0 bridgehead atoms. The fourth-order valence-electron chi connectivity index (χ4n) is 2.88. The van der Waals surface area contributed by atoms with Crippen LogP contribution in [0.2, 0.25) is 0 Å². The summed E-state index contributed by atoms with van der Waals surface area (Å²) in [6.45, 7) is 0. The van der Waals surface area contributed by atoms with Gasteiger partial charge in [-0.05, 0) is 24.0 Å². The quantitative estimate of drug-likeness (QED) is 0.786. The van der Waals surface area contributed by atoms with Crippen molar-refractivity contribution < 1.29 is 9.53 Å². The highest BCUT2D eigenvalue weighted by molar-refractivity contribution is 5.72. The van der Waals surface area contributed by atoms with Crippen molar-refractivity contribution in [2.45, 2.75) is 31.3 Å². The van der Waals surface area contributed by atoms with Crippen LogP contribution in [-0.4, -0.2) is 5.97 Å². The first-order chi connectivity index (χ1) is 9.78. The maximum absolute atomic E-state index is 11.6. The second-order valence-corrected chi connectivity index (χ2v) is 5.32. The van der Waals surface area contributed by atoms with Crippen molar-refractivity contribution in [3.05, 3.63) is 71.8 Å². The fourth-order valence-corrected chi connectivity index (χ4v) is 2.88. The number of ether oxygens (including phenoxy) is 1. The molecule has 0 N–H and O–H groups in total. The number of hydrogen-bond donors (Lipinski definition) is 0. The third kappa shape index (κ3) is 2.60. The van der Waals surface area contributed by atoms with Crippen LogP contribution in [0.4, 0.5) is 0 Å². The van der Waals surface area contributed by atoms with Crippen LogP contribution in [0.5, 0.6) is 0 Å². The van der Waals surface area contributed by atoms with E-state index in [0.29, 0.717) is 6.42 Å². The average molecular weight is 266 g/mol. The summed E-state index contributed by atoms with van der Waals surface area (Å²) < 4.78 is 5.72. The highest BCUT2D eigenvalue weighted by Crippen LogP contribution is 2.40. The molecular formula is C18H18O2. The number of cyclic esters (lactones) is 1. The minimum atomic E-state index is -0.436. The Bertz CT molecular complexity index is 577. The first kappa shape index (κ1) is 12.9. The molecule has 1 heterocycles. The van der Waals surface area contributed by atoms with Crippen molar-refractivity contribution >= 4 is 5.97 Å². The number of carbonyl (C=O) groups excluding carboxylic acids is 1. The predicted molar refractivity (Wildman–Crippen MR) is 78.2 cm³/mol. The highest BCUT2D eigenvalue weighted by atomic mass is 16.6. The molecule has 2 heteroatoms. The summed E-state index contributed by atoms with van der Waals surface area (Å²) in [5.74, 6) is -0.0816. The molecule has 2 aromatic carbocycles. The molecule has 0 radical (unpaired) electrons. The number of rotatable bonds is 4. The molecule has 2 nitrogen and oxygen atoms in total. The monoisotopic (exact) mass is 266 g/mol. The van der Waals surface area contributed by atoms with Crippen molar-refractivity contribution in [1.29, 1.82) is 0 Å². The summed E-state index contributed by atoms with van der Waals surface area (Å²) in [6, 6.07) is 20.5. The Kier molecular flexibility index (Phi) is 3.55. The molecule has 1 fully saturated rings. The Hall–Kier alpha value is -2.09. The smallest absolute Gasteiger partial charge is 0.306 e. The van der Waals surface area contributed by atoms with Gasteiger partial charge in [0.1, 0.15) is 5.60 Å². The van der Waals surface area contributed by atoms with E-state index in [1.54, 1.807) is 0 Å². The third-order valence-electron chi connectivity index (χ3n) is 4.00. The van der Waals surface area contributed by atoms with E-state index in [4.69, 9.17) is 4.74 Å². The third-order valence-corrected chi connectivity index (χ3v) is 4.00. The zero-order chi connectivity index (χ0) is 13.8. The lowest BCUT2D eigenvalue weighted by Crippen LogP contribution is -2.26. The van der Waals surface area contributed by atoms with Gasteiger partial charge in [0.05, 0.1) is 0 Å². The van der Waals surface area contributed by atoms with Gasteiger partial charge in [-0.1, -0.05) is 60.7 Å². The van der Waals surface area contributed by atoms with Gasteiger partial charge in [0.25, 0.3) is 0 Å². The molecule has 2 aromatic rings. The van der Waals surface area contributed by atoms with Gasteiger partial charge in [-0.25, -0.2) is 0 Å². The molecule has 0 aliphatic carbocycles. The van der Waals surface area contributed by atoms with E-state index in [1.165, 1.54) is 5.56 Å². The summed E-state index contributed by atoms with van der Waals surface area (Å²) in [4.78, 5) is 11.6. The summed E-state index contributed by atoms with van der Waals surface area (Å²) >= 11 is 0. The van der Waals surface area contributed by atoms with Crippen LogP contribution in [0.3, 0.4) is 0 Å². The number of carbonyl (C=O) groups is 1. The van der Waals surface area contributed by atoms with E-state index in [0.717, 1.165) is 24.8 Å². The Morgan fingerprint density at radius 1 is 0.950 bits per heavy atom. The number of benzene rings is 2. The maximum atomic E-state index is 11.6. The lowest BCUT2D eigenvalue weighted by molar-refractivity contribution is -0.149. The van der Waals surface area contributed by atoms with Crippen molar-refractivity contribution in [3.8, 4) is 0 Å². The maximum Gasteiger partial charge on any atom is 0.306 e. The number of esters is 1. The van der Waals surface area contributed by atoms with E-state index >= 15 is 0 Å². The molecule has 0 aromatic heterocycles. The van der Waals surface area contributed by atoms with Crippen LogP contribution in [0, 0.1) is 0 Å². The first-order valence-electron chi connectivity index (χ1n) is 7.10. The topological polar surface area (TPSA) is 26.3 Å². The average Bonchev–Trinajstić information content (AvgIpc) is 2.90. The molecule has 102 valence electrons. The van der Waals surface area contributed by atoms with Crippen LogP contribution >= 0.6 is 0 Å². The van der Waals surface area contributed by atoms with E-state index < -0.39 is 5.60 Å². The lowest BCUT2D eigenvalue weighted by Gasteiger charge is -2.28. The molecule has 0 spiro atoms. The first-order valence-corrected chi connectivity index (χ1v) is 7.10. The molecule has 1 aliphatic heterocycles. The van der Waals surface area contributed by atoms with Crippen LogP contribution < -0.4 is 0 Å². The zero-order valence-electron chi connectivity index (χ0n) is 11.4. The Labute approximate surface area is 119 Å². The van der Waals surface area contributed by atoms with Crippen LogP contribution in [0.1, 0.15) is 30.4 Å². The Morgan fingerprint density at radius 2 is 1.60 bits per heavy atom. The van der Waals surface area contributed by atoms with E-state index in [-0.39, 0.29) is 5.97 Å². The van der Waals surface area contributed by atoms with Crippen molar-refractivity contribution in [2.24, 2.45) is 0 Å². The Morgan fingerprint density at radius 3 is 2.20 bits per heavy atom. The van der Waals surface area contributed by atoms with Gasteiger partial charge in [-0.2, -0.15) is 0 Å². The summed E-state index contributed by atoms with van der Waals surface area (Å²) in [5.41, 5.74) is 1.96. The lowest BCUT2D eigenvalue weighted by atomic mass is 9.85. The van der Waals surface area contributed by atoms with Crippen molar-refractivity contribution in [2.75, 3.05) is 0 Å².